The molecule has 1 heterocycles. The molecule has 0 bridgehead atoms. The monoisotopic (exact) mass is 392 g/mol. The first kappa shape index (κ1) is 17.1. The fourth-order valence-electron chi connectivity index (χ4n) is 3.16. The molecule has 0 unspecified atom stereocenters. The van der Waals surface area contributed by atoms with Crippen LogP contribution in [0.2, 0.25) is 0 Å². The van der Waals surface area contributed by atoms with Crippen molar-refractivity contribution in [1.82, 2.24) is 20.8 Å². The fourth-order valence-corrected chi connectivity index (χ4v) is 3.62. The molecule has 24 heavy (non-hydrogen) atoms. The number of benzene rings is 1. The van der Waals surface area contributed by atoms with Gasteiger partial charge < -0.3 is 15.1 Å². The van der Waals surface area contributed by atoms with Gasteiger partial charge in [-0.15, -0.1) is 10.2 Å². The quantitative estimate of drug-likeness (QED) is 0.817. The largest absolute Gasteiger partial charge is 0.419 e. The summed E-state index contributed by atoms with van der Waals surface area (Å²) in [5.74, 6) is 1.13. The third-order valence-electron chi connectivity index (χ3n) is 4.44. The van der Waals surface area contributed by atoms with Gasteiger partial charge in [-0.1, -0.05) is 25.0 Å². The van der Waals surface area contributed by atoms with E-state index < -0.39 is 0 Å². The zero-order valence-electron chi connectivity index (χ0n) is 13.6. The van der Waals surface area contributed by atoms with E-state index in [1.165, 1.54) is 0 Å². The van der Waals surface area contributed by atoms with Crippen LogP contribution in [0, 0.1) is 5.92 Å². The second-order valence-electron chi connectivity index (χ2n) is 5.97. The number of carbonyl (C=O) groups excluding carboxylic acids is 1. The molecule has 1 fully saturated rings. The first-order chi connectivity index (χ1) is 11.7. The Labute approximate surface area is 149 Å². The second kappa shape index (κ2) is 7.90. The number of amides is 1. The van der Waals surface area contributed by atoms with Gasteiger partial charge in [0.05, 0.1) is 18.0 Å². The van der Waals surface area contributed by atoms with Crippen molar-refractivity contribution in [3.63, 3.8) is 0 Å². The summed E-state index contributed by atoms with van der Waals surface area (Å²) >= 11 is 3.49. The summed E-state index contributed by atoms with van der Waals surface area (Å²) in [4.78, 5) is 12.0. The van der Waals surface area contributed by atoms with Crippen molar-refractivity contribution in [2.45, 2.75) is 38.3 Å². The van der Waals surface area contributed by atoms with Gasteiger partial charge in [-0.3, -0.25) is 4.79 Å². The third-order valence-corrected chi connectivity index (χ3v) is 5.13. The standard InChI is InChI=1S/C17H21BrN4O2/c1-19-16(23)12-7-3-5-9-14(12)20-10-15-21-22-17(24-15)11-6-2-4-8-13(11)18/h2,4,6,8,12,14,20H,3,5,7,9-10H2,1H3,(H,19,23)/t12-,14-/m0/s1. The number of nitrogens with one attached hydrogen (secondary N) is 2. The molecule has 3 rings (SSSR count). The zero-order valence-corrected chi connectivity index (χ0v) is 15.2. The summed E-state index contributed by atoms with van der Waals surface area (Å²) in [7, 11) is 1.69. The Hall–Kier alpha value is -1.73. The summed E-state index contributed by atoms with van der Waals surface area (Å²) in [6, 6.07) is 7.88. The second-order valence-corrected chi connectivity index (χ2v) is 6.83. The maximum Gasteiger partial charge on any atom is 0.248 e. The Morgan fingerprint density at radius 1 is 1.29 bits per heavy atom. The van der Waals surface area contributed by atoms with Crippen molar-refractivity contribution in [2.24, 2.45) is 5.92 Å². The lowest BCUT2D eigenvalue weighted by atomic mass is 9.84. The molecule has 2 aromatic rings. The van der Waals surface area contributed by atoms with Crippen molar-refractivity contribution in [2.75, 3.05) is 7.05 Å². The van der Waals surface area contributed by atoms with Crippen molar-refractivity contribution in [3.05, 3.63) is 34.6 Å². The Kier molecular flexibility index (Phi) is 5.63. The molecule has 2 atom stereocenters. The van der Waals surface area contributed by atoms with E-state index in [2.05, 4.69) is 36.8 Å². The van der Waals surface area contributed by atoms with Gasteiger partial charge in [-0.25, -0.2) is 0 Å². The average molecular weight is 393 g/mol. The molecule has 2 N–H and O–H groups in total. The highest BCUT2D eigenvalue weighted by atomic mass is 79.9. The first-order valence-electron chi connectivity index (χ1n) is 8.21. The molecular weight excluding hydrogens is 372 g/mol. The third kappa shape index (κ3) is 3.84. The normalized spacial score (nSPS) is 20.8. The molecule has 1 aromatic carbocycles. The smallest absolute Gasteiger partial charge is 0.248 e. The predicted molar refractivity (Wildman–Crippen MR) is 94.1 cm³/mol. The van der Waals surface area contributed by atoms with Gasteiger partial charge >= 0.3 is 0 Å². The Morgan fingerprint density at radius 3 is 2.88 bits per heavy atom. The minimum absolute atomic E-state index is 0.00871. The van der Waals surface area contributed by atoms with Crippen molar-refractivity contribution >= 4 is 21.8 Å². The molecule has 1 aromatic heterocycles. The Bertz CT molecular complexity index is 703. The summed E-state index contributed by atoms with van der Waals surface area (Å²) in [6.45, 7) is 0.468. The minimum atomic E-state index is 0.00871. The van der Waals surface area contributed by atoms with Crippen LogP contribution in [-0.4, -0.2) is 29.2 Å². The summed E-state index contributed by atoms with van der Waals surface area (Å²) in [6.07, 6.45) is 4.15. The van der Waals surface area contributed by atoms with Crippen LogP contribution in [0.3, 0.4) is 0 Å². The number of carbonyl (C=O) groups is 1. The number of hydrogen-bond acceptors (Lipinski definition) is 5. The number of hydrogen-bond donors (Lipinski definition) is 2. The Morgan fingerprint density at radius 2 is 2.08 bits per heavy atom. The Balaban J connectivity index is 1.65. The maximum atomic E-state index is 12.0. The van der Waals surface area contributed by atoms with E-state index in [9.17, 15) is 4.79 Å². The van der Waals surface area contributed by atoms with E-state index in [4.69, 9.17) is 4.42 Å². The molecule has 0 saturated heterocycles. The van der Waals surface area contributed by atoms with Crippen molar-refractivity contribution < 1.29 is 9.21 Å². The van der Waals surface area contributed by atoms with Gasteiger partial charge in [0.1, 0.15) is 0 Å². The van der Waals surface area contributed by atoms with Crippen LogP contribution < -0.4 is 10.6 Å². The average Bonchev–Trinajstić information content (AvgIpc) is 3.08. The van der Waals surface area contributed by atoms with Gasteiger partial charge in [-0.2, -0.15) is 0 Å². The van der Waals surface area contributed by atoms with Gasteiger partial charge in [0.25, 0.3) is 0 Å². The first-order valence-corrected chi connectivity index (χ1v) is 9.00. The van der Waals surface area contributed by atoms with Crippen LogP contribution in [-0.2, 0) is 11.3 Å². The van der Waals surface area contributed by atoms with E-state index in [1.807, 2.05) is 24.3 Å². The van der Waals surface area contributed by atoms with E-state index in [0.29, 0.717) is 18.3 Å². The SMILES string of the molecule is CNC(=O)[C@H]1CCCC[C@@H]1NCc1nnc(-c2ccccc2Br)o1. The molecule has 6 nitrogen and oxygen atoms in total. The molecule has 1 saturated carbocycles. The van der Waals surface area contributed by atoms with Crippen LogP contribution in [0.15, 0.2) is 33.2 Å². The number of halogens is 1. The van der Waals surface area contributed by atoms with Crippen molar-refractivity contribution in [1.29, 1.82) is 0 Å². The highest BCUT2D eigenvalue weighted by Crippen LogP contribution is 2.27. The molecular formula is C17H21BrN4O2. The van der Waals surface area contributed by atoms with Crippen LogP contribution in [0.25, 0.3) is 11.5 Å². The molecule has 1 aliphatic carbocycles. The van der Waals surface area contributed by atoms with E-state index >= 15 is 0 Å². The highest BCUT2D eigenvalue weighted by molar-refractivity contribution is 9.10. The molecule has 0 aliphatic heterocycles. The summed E-state index contributed by atoms with van der Waals surface area (Å²) in [5, 5.41) is 14.4. The minimum Gasteiger partial charge on any atom is -0.419 e. The number of rotatable bonds is 5. The highest BCUT2D eigenvalue weighted by Gasteiger charge is 2.30. The molecule has 0 radical (unpaired) electrons. The summed E-state index contributed by atoms with van der Waals surface area (Å²) < 4.78 is 6.67. The van der Waals surface area contributed by atoms with Crippen LogP contribution in [0.5, 0.6) is 0 Å². The maximum absolute atomic E-state index is 12.0. The predicted octanol–water partition coefficient (Wildman–Crippen LogP) is 2.89. The van der Waals surface area contributed by atoms with Gasteiger partial charge in [0.15, 0.2) is 0 Å². The van der Waals surface area contributed by atoms with Crippen LogP contribution in [0.4, 0.5) is 0 Å². The van der Waals surface area contributed by atoms with E-state index in [-0.39, 0.29) is 17.9 Å². The van der Waals surface area contributed by atoms with Gasteiger partial charge in [-0.05, 0) is 40.9 Å². The van der Waals surface area contributed by atoms with Crippen molar-refractivity contribution in [3.8, 4) is 11.5 Å². The van der Waals surface area contributed by atoms with Crippen LogP contribution in [0.1, 0.15) is 31.6 Å². The molecule has 128 valence electrons. The molecule has 1 aliphatic rings. The topological polar surface area (TPSA) is 80.0 Å². The zero-order chi connectivity index (χ0) is 16.9. The lowest BCUT2D eigenvalue weighted by Crippen LogP contribution is -2.45. The molecule has 0 spiro atoms. The number of aromatic nitrogens is 2. The lowest BCUT2D eigenvalue weighted by Gasteiger charge is -2.30. The van der Waals surface area contributed by atoms with Gasteiger partial charge in [0, 0.05) is 17.6 Å². The van der Waals surface area contributed by atoms with E-state index in [1.54, 1.807) is 7.05 Å². The molecule has 1 amide bonds. The van der Waals surface area contributed by atoms with Gasteiger partial charge in [0.2, 0.25) is 17.7 Å². The van der Waals surface area contributed by atoms with Crippen LogP contribution >= 0.6 is 15.9 Å². The molecule has 7 heteroatoms. The lowest BCUT2D eigenvalue weighted by molar-refractivity contribution is -0.126. The van der Waals surface area contributed by atoms with E-state index in [0.717, 1.165) is 35.7 Å². The fraction of sp³-hybridized carbons (Fsp3) is 0.471. The summed E-state index contributed by atoms with van der Waals surface area (Å²) in [5.41, 5.74) is 0.872. The number of nitrogens with zero attached hydrogens (tertiary/aromatic N) is 2.